The number of rotatable bonds is 6. The summed E-state index contributed by atoms with van der Waals surface area (Å²) in [6.45, 7) is -0.136. The minimum Gasteiger partial charge on any atom is -0.368 e. The van der Waals surface area contributed by atoms with Gasteiger partial charge >= 0.3 is 0 Å². The summed E-state index contributed by atoms with van der Waals surface area (Å²) in [5.74, 6) is -1.69. The lowest BCUT2D eigenvalue weighted by molar-refractivity contribution is -0.142. The number of primary amides is 2. The number of nitrogens with two attached hydrogens (primary N) is 3. The lowest BCUT2D eigenvalue weighted by Gasteiger charge is -2.25. The number of amides is 3. The first-order valence-electron chi connectivity index (χ1n) is 6.01. The molecule has 1 saturated carbocycles. The first-order valence-corrected chi connectivity index (χ1v) is 6.01. The zero-order valence-electron chi connectivity index (χ0n) is 10.3. The predicted molar refractivity (Wildman–Crippen MR) is 64.9 cm³/mol. The van der Waals surface area contributed by atoms with Gasteiger partial charge in [0.25, 0.3) is 0 Å². The SMILES string of the molecule is NCC1CCCC1C(=O)N(CC(N)=O)CC(N)=O. The van der Waals surface area contributed by atoms with Gasteiger partial charge in [-0.3, -0.25) is 14.4 Å². The van der Waals surface area contributed by atoms with E-state index in [1.54, 1.807) is 0 Å². The van der Waals surface area contributed by atoms with Crippen molar-refractivity contribution in [2.24, 2.45) is 29.0 Å². The molecule has 7 heteroatoms. The van der Waals surface area contributed by atoms with Crippen molar-refractivity contribution < 1.29 is 14.4 Å². The molecule has 0 saturated heterocycles. The van der Waals surface area contributed by atoms with Crippen molar-refractivity contribution in [3.8, 4) is 0 Å². The quantitative estimate of drug-likeness (QED) is 0.515. The van der Waals surface area contributed by atoms with Crippen LogP contribution in [0.5, 0.6) is 0 Å². The maximum atomic E-state index is 12.2. The summed E-state index contributed by atoms with van der Waals surface area (Å²) in [5, 5.41) is 0. The molecule has 0 aromatic heterocycles. The molecular weight excluding hydrogens is 236 g/mol. The van der Waals surface area contributed by atoms with Gasteiger partial charge in [0.05, 0.1) is 13.1 Å². The standard InChI is InChI=1S/C11H20N4O3/c12-4-7-2-1-3-8(7)11(18)15(5-9(13)16)6-10(14)17/h7-8H,1-6,12H2,(H2,13,16)(H2,14,17). The largest absolute Gasteiger partial charge is 0.368 e. The van der Waals surface area contributed by atoms with Crippen molar-refractivity contribution in [1.82, 2.24) is 4.90 Å². The van der Waals surface area contributed by atoms with Crippen LogP contribution in [0.25, 0.3) is 0 Å². The molecule has 1 aliphatic rings. The molecule has 7 nitrogen and oxygen atoms in total. The monoisotopic (exact) mass is 256 g/mol. The molecule has 18 heavy (non-hydrogen) atoms. The Morgan fingerprint density at radius 3 is 2.06 bits per heavy atom. The number of hydrogen-bond acceptors (Lipinski definition) is 4. The molecule has 102 valence electrons. The molecule has 1 fully saturated rings. The molecule has 1 rings (SSSR count). The van der Waals surface area contributed by atoms with Crippen molar-refractivity contribution in [2.45, 2.75) is 19.3 Å². The minimum atomic E-state index is -0.660. The first kappa shape index (κ1) is 14.4. The molecule has 3 amide bonds. The molecule has 0 radical (unpaired) electrons. The van der Waals surface area contributed by atoms with E-state index < -0.39 is 11.8 Å². The molecule has 0 aliphatic heterocycles. The molecule has 0 heterocycles. The first-order chi connectivity index (χ1) is 8.45. The smallest absolute Gasteiger partial charge is 0.237 e. The molecule has 6 N–H and O–H groups in total. The molecule has 1 aliphatic carbocycles. The Kier molecular flexibility index (Phi) is 5.08. The second kappa shape index (κ2) is 6.34. The molecule has 0 bridgehead atoms. The number of nitrogens with zero attached hydrogens (tertiary/aromatic N) is 1. The third-order valence-electron chi connectivity index (χ3n) is 3.28. The second-order valence-electron chi connectivity index (χ2n) is 4.66. The normalized spacial score (nSPS) is 22.7. The van der Waals surface area contributed by atoms with E-state index in [9.17, 15) is 14.4 Å². The highest BCUT2D eigenvalue weighted by Crippen LogP contribution is 2.32. The summed E-state index contributed by atoms with van der Waals surface area (Å²) < 4.78 is 0. The van der Waals surface area contributed by atoms with Gasteiger partial charge in [0, 0.05) is 5.92 Å². The highest BCUT2D eigenvalue weighted by Gasteiger charge is 2.35. The fourth-order valence-corrected chi connectivity index (χ4v) is 2.47. The van der Waals surface area contributed by atoms with E-state index in [1.165, 1.54) is 0 Å². The average molecular weight is 256 g/mol. The second-order valence-corrected chi connectivity index (χ2v) is 4.66. The van der Waals surface area contributed by atoms with E-state index in [-0.39, 0.29) is 30.8 Å². The number of carbonyl (C=O) groups excluding carboxylic acids is 3. The van der Waals surface area contributed by atoms with Crippen molar-refractivity contribution in [3.63, 3.8) is 0 Å². The summed E-state index contributed by atoms with van der Waals surface area (Å²) in [6.07, 6.45) is 2.56. The van der Waals surface area contributed by atoms with Crippen LogP contribution in [0.2, 0.25) is 0 Å². The van der Waals surface area contributed by atoms with E-state index in [0.29, 0.717) is 6.54 Å². The van der Waals surface area contributed by atoms with Crippen LogP contribution in [0.3, 0.4) is 0 Å². The maximum Gasteiger partial charge on any atom is 0.237 e. The third kappa shape index (κ3) is 3.69. The van der Waals surface area contributed by atoms with Crippen LogP contribution in [0, 0.1) is 11.8 Å². The van der Waals surface area contributed by atoms with Gasteiger partial charge in [-0.15, -0.1) is 0 Å². The van der Waals surface area contributed by atoms with E-state index in [0.717, 1.165) is 24.2 Å². The van der Waals surface area contributed by atoms with Gasteiger partial charge in [-0.05, 0) is 25.3 Å². The van der Waals surface area contributed by atoms with Gasteiger partial charge < -0.3 is 22.1 Å². The Hall–Kier alpha value is -1.63. The van der Waals surface area contributed by atoms with Crippen LogP contribution in [0.4, 0.5) is 0 Å². The zero-order valence-corrected chi connectivity index (χ0v) is 10.3. The average Bonchev–Trinajstić information content (AvgIpc) is 2.73. The Bertz CT molecular complexity index is 329. The van der Waals surface area contributed by atoms with Crippen LogP contribution >= 0.6 is 0 Å². The number of hydrogen-bond donors (Lipinski definition) is 3. The van der Waals surface area contributed by atoms with E-state index in [2.05, 4.69) is 0 Å². The highest BCUT2D eigenvalue weighted by molar-refractivity contribution is 5.89. The van der Waals surface area contributed by atoms with Crippen molar-refractivity contribution in [3.05, 3.63) is 0 Å². The van der Waals surface area contributed by atoms with Crippen LogP contribution in [0.1, 0.15) is 19.3 Å². The molecule has 0 spiro atoms. The van der Waals surface area contributed by atoms with Crippen molar-refractivity contribution in [1.29, 1.82) is 0 Å². The summed E-state index contributed by atoms with van der Waals surface area (Å²) >= 11 is 0. The fourth-order valence-electron chi connectivity index (χ4n) is 2.47. The number of carbonyl (C=O) groups is 3. The molecule has 2 unspecified atom stereocenters. The molecule has 2 atom stereocenters. The zero-order chi connectivity index (χ0) is 13.7. The van der Waals surface area contributed by atoms with Gasteiger partial charge in [0.2, 0.25) is 17.7 Å². The Balaban J connectivity index is 2.74. The van der Waals surface area contributed by atoms with Crippen LogP contribution in [0.15, 0.2) is 0 Å². The lowest BCUT2D eigenvalue weighted by Crippen LogP contribution is -2.47. The van der Waals surface area contributed by atoms with Crippen LogP contribution in [-0.2, 0) is 14.4 Å². The summed E-state index contributed by atoms with van der Waals surface area (Å²) in [4.78, 5) is 35.2. The van der Waals surface area contributed by atoms with Crippen LogP contribution < -0.4 is 17.2 Å². The maximum absolute atomic E-state index is 12.2. The van der Waals surface area contributed by atoms with E-state index in [4.69, 9.17) is 17.2 Å². The summed E-state index contributed by atoms with van der Waals surface area (Å²) in [7, 11) is 0. The Morgan fingerprint density at radius 1 is 1.06 bits per heavy atom. The summed E-state index contributed by atoms with van der Waals surface area (Å²) in [5.41, 5.74) is 15.7. The van der Waals surface area contributed by atoms with Gasteiger partial charge in [0.15, 0.2) is 0 Å². The van der Waals surface area contributed by atoms with Crippen molar-refractivity contribution >= 4 is 17.7 Å². The third-order valence-corrected chi connectivity index (χ3v) is 3.28. The Labute approximate surface area is 106 Å². The van der Waals surface area contributed by atoms with E-state index >= 15 is 0 Å². The van der Waals surface area contributed by atoms with Crippen LogP contribution in [-0.4, -0.2) is 42.3 Å². The minimum absolute atomic E-state index is 0.112. The molecule has 0 aromatic rings. The van der Waals surface area contributed by atoms with E-state index in [1.807, 2.05) is 0 Å². The summed E-state index contributed by atoms with van der Waals surface area (Å²) in [6, 6.07) is 0. The molecular formula is C11H20N4O3. The van der Waals surface area contributed by atoms with Gasteiger partial charge in [-0.1, -0.05) is 6.42 Å². The van der Waals surface area contributed by atoms with Crippen molar-refractivity contribution in [2.75, 3.05) is 19.6 Å². The van der Waals surface area contributed by atoms with Gasteiger partial charge in [-0.25, -0.2) is 0 Å². The van der Waals surface area contributed by atoms with Gasteiger partial charge in [-0.2, -0.15) is 0 Å². The topological polar surface area (TPSA) is 133 Å². The highest BCUT2D eigenvalue weighted by atomic mass is 16.2. The molecule has 0 aromatic carbocycles. The van der Waals surface area contributed by atoms with Gasteiger partial charge in [0.1, 0.15) is 0 Å². The predicted octanol–water partition coefficient (Wildman–Crippen LogP) is -1.84. The Morgan fingerprint density at radius 2 is 1.61 bits per heavy atom. The lowest BCUT2D eigenvalue weighted by atomic mass is 9.94. The fraction of sp³-hybridized carbons (Fsp3) is 0.727.